The van der Waals surface area contributed by atoms with E-state index < -0.39 is 0 Å². The van der Waals surface area contributed by atoms with Gasteiger partial charge in [0.1, 0.15) is 11.5 Å². The van der Waals surface area contributed by atoms with Gasteiger partial charge in [-0.25, -0.2) is 9.97 Å². The molecule has 0 atom stereocenters. The zero-order chi connectivity index (χ0) is 29.0. The summed E-state index contributed by atoms with van der Waals surface area (Å²) in [5, 5.41) is 3.58. The summed E-state index contributed by atoms with van der Waals surface area (Å²) >= 11 is 0. The summed E-state index contributed by atoms with van der Waals surface area (Å²) in [6.45, 7) is 0. The molecule has 0 N–H and O–H groups in total. The predicted molar refractivity (Wildman–Crippen MR) is 181 cm³/mol. The first-order valence-electron chi connectivity index (χ1n) is 14.8. The highest BCUT2D eigenvalue weighted by atomic mass is 15.1. The van der Waals surface area contributed by atoms with Gasteiger partial charge in [0, 0.05) is 39.2 Å². The van der Waals surface area contributed by atoms with E-state index in [2.05, 4.69) is 148 Å². The Kier molecular flexibility index (Phi) is 5.47. The van der Waals surface area contributed by atoms with Crippen molar-refractivity contribution in [3.63, 3.8) is 0 Å². The Morgan fingerprint density at radius 1 is 0.455 bits per heavy atom. The van der Waals surface area contributed by atoms with E-state index in [9.17, 15) is 0 Å². The fraction of sp³-hybridized carbons (Fsp3) is 0. The molecule has 44 heavy (non-hydrogen) atoms. The normalized spacial score (nSPS) is 11.6. The number of hydrogen-bond acceptors (Lipinski definition) is 2. The van der Waals surface area contributed by atoms with E-state index in [-0.39, 0.29) is 0 Å². The van der Waals surface area contributed by atoms with Crippen LogP contribution in [0.4, 0.5) is 0 Å². The molecule has 0 bridgehead atoms. The highest BCUT2D eigenvalue weighted by Gasteiger charge is 2.18. The van der Waals surface area contributed by atoms with E-state index in [4.69, 9.17) is 9.97 Å². The molecule has 0 aliphatic rings. The maximum Gasteiger partial charge on any atom is 0.146 e. The molecule has 4 heteroatoms. The number of benzene rings is 5. The molecule has 4 nitrogen and oxygen atoms in total. The van der Waals surface area contributed by atoms with Crippen LogP contribution in [0.5, 0.6) is 0 Å². The number of hydrogen-bond donors (Lipinski definition) is 0. The van der Waals surface area contributed by atoms with Crippen LogP contribution in [0.2, 0.25) is 0 Å². The van der Waals surface area contributed by atoms with Crippen molar-refractivity contribution in [1.29, 1.82) is 0 Å². The zero-order valence-electron chi connectivity index (χ0n) is 23.8. The van der Waals surface area contributed by atoms with Crippen LogP contribution in [0, 0.1) is 0 Å². The van der Waals surface area contributed by atoms with Crippen molar-refractivity contribution in [3.8, 4) is 39.5 Å². The molecule has 0 saturated carbocycles. The van der Waals surface area contributed by atoms with E-state index in [0.29, 0.717) is 0 Å². The number of imidazole rings is 1. The van der Waals surface area contributed by atoms with E-state index in [0.717, 1.165) is 39.2 Å². The SMILES string of the molecule is c1ccc(-c2nc(-c3ccc(-c4ccc5c(c4)c4ccccc4n5-c4ccccc4)cc3)n3c2ccc2cccnc23)cc1. The largest absolute Gasteiger partial charge is 0.309 e. The van der Waals surface area contributed by atoms with Gasteiger partial charge in [-0.3, -0.25) is 4.40 Å². The quantitative estimate of drug-likeness (QED) is 0.214. The monoisotopic (exact) mass is 562 g/mol. The fourth-order valence-corrected chi connectivity index (χ4v) is 6.52. The van der Waals surface area contributed by atoms with Gasteiger partial charge in [0.25, 0.3) is 0 Å². The van der Waals surface area contributed by atoms with Crippen molar-refractivity contribution in [2.24, 2.45) is 0 Å². The Labute approximate surface area is 254 Å². The molecule has 4 heterocycles. The standard InChI is InChI=1S/C40H26N4/c1-3-10-28(11-4-1)38-37-24-21-29-12-9-25-41-39(29)44(37)40(42-38)30-19-17-27(18-20-30)31-22-23-36-34(26-31)33-15-7-8-16-35(33)43(36)32-13-5-2-6-14-32/h1-26H. The lowest BCUT2D eigenvalue weighted by Gasteiger charge is -2.09. The van der Waals surface area contributed by atoms with Crippen molar-refractivity contribution in [2.75, 3.05) is 0 Å². The van der Waals surface area contributed by atoms with E-state index in [1.54, 1.807) is 0 Å². The lowest BCUT2D eigenvalue weighted by molar-refractivity contribution is 1.17. The fourth-order valence-electron chi connectivity index (χ4n) is 6.52. The lowest BCUT2D eigenvalue weighted by atomic mass is 10.0. The minimum absolute atomic E-state index is 0.885. The molecule has 0 aliphatic heterocycles. The Morgan fingerprint density at radius 3 is 1.98 bits per heavy atom. The summed E-state index contributed by atoms with van der Waals surface area (Å²) in [6.07, 6.45) is 1.85. The molecule has 0 radical (unpaired) electrons. The van der Waals surface area contributed by atoms with Gasteiger partial charge in [-0.1, -0.05) is 97.1 Å². The minimum Gasteiger partial charge on any atom is -0.309 e. The maximum atomic E-state index is 5.21. The van der Waals surface area contributed by atoms with Gasteiger partial charge < -0.3 is 4.57 Å². The second-order valence-electron chi connectivity index (χ2n) is 11.1. The number of nitrogens with zero attached hydrogens (tertiary/aromatic N) is 4. The van der Waals surface area contributed by atoms with Crippen LogP contribution in [0.3, 0.4) is 0 Å². The first-order valence-corrected chi connectivity index (χ1v) is 14.8. The highest BCUT2D eigenvalue weighted by Crippen LogP contribution is 2.36. The van der Waals surface area contributed by atoms with Gasteiger partial charge in [0.05, 0.1) is 22.2 Å². The van der Waals surface area contributed by atoms with Crippen molar-refractivity contribution < 1.29 is 0 Å². The van der Waals surface area contributed by atoms with Crippen LogP contribution in [0.25, 0.3) is 77.8 Å². The Hall–Kier alpha value is -6.00. The van der Waals surface area contributed by atoms with Crippen LogP contribution in [0.15, 0.2) is 158 Å². The summed E-state index contributed by atoms with van der Waals surface area (Å²) in [4.78, 5) is 9.98. The van der Waals surface area contributed by atoms with Crippen molar-refractivity contribution in [3.05, 3.63) is 158 Å². The summed E-state index contributed by atoms with van der Waals surface area (Å²) in [5.74, 6) is 0.885. The van der Waals surface area contributed by atoms with Gasteiger partial charge >= 0.3 is 0 Å². The number of fused-ring (bicyclic) bond motifs is 6. The Bertz CT molecular complexity index is 2470. The van der Waals surface area contributed by atoms with Gasteiger partial charge in [0.2, 0.25) is 0 Å². The molecular formula is C40H26N4. The molecule has 9 rings (SSSR count). The number of para-hydroxylation sites is 2. The third kappa shape index (κ3) is 3.78. The molecule has 4 aromatic heterocycles. The summed E-state index contributed by atoms with van der Waals surface area (Å²) in [7, 11) is 0. The molecule has 0 fully saturated rings. The zero-order valence-corrected chi connectivity index (χ0v) is 23.8. The smallest absolute Gasteiger partial charge is 0.146 e. The predicted octanol–water partition coefficient (Wildman–Crippen LogP) is 9.98. The van der Waals surface area contributed by atoms with Gasteiger partial charge in [-0.2, -0.15) is 0 Å². The van der Waals surface area contributed by atoms with Crippen LogP contribution < -0.4 is 0 Å². The molecule has 0 spiro atoms. The van der Waals surface area contributed by atoms with Gasteiger partial charge in [-0.05, 0) is 65.7 Å². The van der Waals surface area contributed by atoms with Crippen molar-refractivity contribution >= 4 is 38.4 Å². The highest BCUT2D eigenvalue weighted by molar-refractivity contribution is 6.10. The first kappa shape index (κ1) is 24.6. The maximum absolute atomic E-state index is 5.21. The lowest BCUT2D eigenvalue weighted by Crippen LogP contribution is -1.94. The van der Waals surface area contributed by atoms with Gasteiger partial charge in [-0.15, -0.1) is 0 Å². The second kappa shape index (κ2) is 9.79. The minimum atomic E-state index is 0.885. The second-order valence-corrected chi connectivity index (χ2v) is 11.1. The molecule has 9 aromatic rings. The molecule has 0 aliphatic carbocycles. The Balaban J connectivity index is 1.19. The first-order chi connectivity index (χ1) is 21.8. The average molecular weight is 563 g/mol. The molecule has 206 valence electrons. The van der Waals surface area contributed by atoms with Crippen molar-refractivity contribution in [1.82, 2.24) is 18.9 Å². The third-order valence-corrected chi connectivity index (χ3v) is 8.57. The number of pyridine rings is 2. The van der Waals surface area contributed by atoms with Crippen LogP contribution in [-0.4, -0.2) is 18.9 Å². The average Bonchev–Trinajstić information content (AvgIpc) is 3.66. The molecular weight excluding hydrogens is 536 g/mol. The third-order valence-electron chi connectivity index (χ3n) is 8.57. The number of aromatic nitrogens is 4. The van der Waals surface area contributed by atoms with E-state index in [1.165, 1.54) is 38.6 Å². The topological polar surface area (TPSA) is 35.1 Å². The van der Waals surface area contributed by atoms with Crippen LogP contribution in [0.1, 0.15) is 0 Å². The molecule has 5 aromatic carbocycles. The molecule has 0 unspecified atom stereocenters. The summed E-state index contributed by atoms with van der Waals surface area (Å²) < 4.78 is 4.54. The van der Waals surface area contributed by atoms with Crippen LogP contribution in [-0.2, 0) is 0 Å². The Morgan fingerprint density at radius 2 is 1.14 bits per heavy atom. The summed E-state index contributed by atoms with van der Waals surface area (Å²) in [6, 6.07) is 53.5. The number of rotatable bonds is 4. The summed E-state index contributed by atoms with van der Waals surface area (Å²) in [5.41, 5.74) is 11.0. The molecule has 0 amide bonds. The van der Waals surface area contributed by atoms with E-state index >= 15 is 0 Å². The van der Waals surface area contributed by atoms with Crippen molar-refractivity contribution in [2.45, 2.75) is 0 Å². The van der Waals surface area contributed by atoms with E-state index in [1.807, 2.05) is 18.3 Å². The van der Waals surface area contributed by atoms with Crippen LogP contribution >= 0.6 is 0 Å². The molecule has 0 saturated heterocycles. The van der Waals surface area contributed by atoms with Gasteiger partial charge in [0.15, 0.2) is 0 Å².